The molecule has 1 aliphatic carbocycles. The molecule has 2 heterocycles. The molecule has 0 saturated heterocycles. The van der Waals surface area contributed by atoms with Crippen LogP contribution in [0.1, 0.15) is 88.6 Å². The van der Waals surface area contributed by atoms with Crippen LogP contribution in [0.25, 0.3) is 77.9 Å². The molecule has 0 bridgehead atoms. The Hall–Kier alpha value is -11.3. The lowest BCUT2D eigenvalue weighted by atomic mass is 9.33. The summed E-state index contributed by atoms with van der Waals surface area (Å²) >= 11 is 0. The second-order valence-electron chi connectivity index (χ2n) is 27.6. The highest BCUT2D eigenvalue weighted by molar-refractivity contribution is 7.00. The molecular formula is C93H73BN2. The third-order valence-electron chi connectivity index (χ3n) is 20.0. The van der Waals surface area contributed by atoms with Crippen LogP contribution in [-0.2, 0) is 16.2 Å². The molecule has 0 N–H and O–H groups in total. The zero-order valence-electron chi connectivity index (χ0n) is 64.5. The van der Waals surface area contributed by atoms with Crippen molar-refractivity contribution >= 4 is 57.2 Å². The van der Waals surface area contributed by atoms with Crippen molar-refractivity contribution in [2.75, 3.05) is 9.80 Å². The molecule has 0 unspecified atom stereocenters. The minimum Gasteiger partial charge on any atom is -0.311 e. The van der Waals surface area contributed by atoms with Crippen LogP contribution in [-0.4, -0.2) is 6.71 Å². The van der Waals surface area contributed by atoms with Crippen molar-refractivity contribution < 1.29 is 13.7 Å². The quantitative estimate of drug-likeness (QED) is 0.126. The number of para-hydroxylation sites is 1. The van der Waals surface area contributed by atoms with E-state index in [1.165, 1.54) is 11.1 Å². The largest absolute Gasteiger partial charge is 0.311 e. The third-order valence-corrected chi connectivity index (χ3v) is 20.0. The van der Waals surface area contributed by atoms with E-state index in [-0.39, 0.29) is 46.1 Å². The van der Waals surface area contributed by atoms with Gasteiger partial charge in [0.25, 0.3) is 6.71 Å². The summed E-state index contributed by atoms with van der Waals surface area (Å²) in [5.41, 5.74) is 24.5. The average molecular weight is 1240 g/mol. The molecule has 0 atom stereocenters. The molecule has 14 aromatic carbocycles. The van der Waals surface area contributed by atoms with Crippen molar-refractivity contribution in [2.24, 2.45) is 0 Å². The number of hydrogen-bond acceptors (Lipinski definition) is 2. The maximum absolute atomic E-state index is 9.57. The topological polar surface area (TPSA) is 6.48 Å². The van der Waals surface area contributed by atoms with Crippen LogP contribution in [0.4, 0.5) is 34.1 Å². The maximum Gasteiger partial charge on any atom is 0.252 e. The molecule has 458 valence electrons. The molecule has 17 rings (SSSR count). The van der Waals surface area contributed by atoms with Gasteiger partial charge in [0.1, 0.15) is 0 Å². The molecule has 14 aromatic rings. The number of hydrogen-bond donors (Lipinski definition) is 0. The lowest BCUT2D eigenvalue weighted by molar-refractivity contribution is 0.569. The van der Waals surface area contributed by atoms with E-state index >= 15 is 0 Å². The van der Waals surface area contributed by atoms with Gasteiger partial charge in [-0.2, -0.15) is 0 Å². The molecule has 0 aromatic heterocycles. The highest BCUT2D eigenvalue weighted by Crippen LogP contribution is 2.60. The molecule has 0 radical (unpaired) electrons. The SMILES string of the molecule is [2H]c1c([2H])c([2H])c(-c2ccc(N3c4cc(-c5cc(C(C)(C)C)cc(C(C)(C)C)c5)ccc4B4c5cc(-c6c([2H])c([2H])c([2H])c([2H])c6[2H])ccc5N(c5c(-c6ccccc6)cccc5-c5ccccc5)c5cc(-c6cccc7c6C(c6ccccc6)(c6ccccc6)c6ccccc6-7)cc3c54)cc2)c([2H])c1[2H]. The second kappa shape index (κ2) is 23.0. The molecule has 2 aliphatic heterocycles. The van der Waals surface area contributed by atoms with Gasteiger partial charge in [-0.15, -0.1) is 0 Å². The Balaban J connectivity index is 1.06. The summed E-state index contributed by atoms with van der Waals surface area (Å²) in [4.78, 5) is 4.78. The van der Waals surface area contributed by atoms with Crippen molar-refractivity contribution in [2.45, 2.75) is 57.8 Å². The zero-order valence-corrected chi connectivity index (χ0v) is 54.5. The van der Waals surface area contributed by atoms with E-state index < -0.39 is 48.4 Å². The molecule has 0 fully saturated rings. The number of rotatable bonds is 10. The van der Waals surface area contributed by atoms with Gasteiger partial charge < -0.3 is 9.80 Å². The summed E-state index contributed by atoms with van der Waals surface area (Å²) in [6.45, 7) is 12.9. The van der Waals surface area contributed by atoms with Crippen molar-refractivity contribution in [1.82, 2.24) is 0 Å². The molecule has 96 heavy (non-hydrogen) atoms. The first-order chi connectivity index (χ1) is 51.0. The van der Waals surface area contributed by atoms with Crippen molar-refractivity contribution in [1.29, 1.82) is 0 Å². The fourth-order valence-electron chi connectivity index (χ4n) is 15.5. The molecule has 0 amide bonds. The first-order valence-electron chi connectivity index (χ1n) is 38.1. The first kappa shape index (κ1) is 48.5. The summed E-state index contributed by atoms with van der Waals surface area (Å²) in [6.07, 6.45) is 0. The average Bonchev–Trinajstić information content (AvgIpc) is 1.35. The Morgan fingerprint density at radius 2 is 0.781 bits per heavy atom. The van der Waals surface area contributed by atoms with E-state index in [0.29, 0.717) is 11.1 Å². The molecular weight excluding hydrogens is 1160 g/mol. The fourth-order valence-corrected chi connectivity index (χ4v) is 15.5. The van der Waals surface area contributed by atoms with Gasteiger partial charge in [0.05, 0.1) is 24.8 Å². The maximum atomic E-state index is 9.57. The standard InChI is InChI=1S/C93H73BN2/c1-91(2,3)73-55-69(56-74(61-73)92(4,5)6)68-49-53-82-85(58-68)95(75-51-47-64(48-52-75)62-29-13-7-14-30-62)86-59-70(76-42-27-45-80-79-41-25-26-46-81(79)93(88(76)80,71-37-21-11-22-38-71)72-39-23-12-24-40-72)60-87-89(86)94(82)83-57-67(63-31-15-8-16-32-63)50-54-84(83)96(87)90-77(65-33-17-9-18-34-65)43-28-44-78(90)66-35-19-10-20-36-66/h7-61H,1-6H3/i7D,8D,13D,14D,15D,16D,29D,30D,31D,32D. The van der Waals surface area contributed by atoms with E-state index in [4.69, 9.17) is 8.22 Å². The van der Waals surface area contributed by atoms with Crippen LogP contribution >= 0.6 is 0 Å². The van der Waals surface area contributed by atoms with Gasteiger partial charge in [-0.3, -0.25) is 0 Å². The number of benzene rings is 14. The van der Waals surface area contributed by atoms with Gasteiger partial charge >= 0.3 is 0 Å². The van der Waals surface area contributed by atoms with Crippen molar-refractivity contribution in [3.8, 4) is 77.9 Å². The van der Waals surface area contributed by atoms with Crippen molar-refractivity contribution in [3.63, 3.8) is 0 Å². The normalized spacial score (nSPS) is 14.8. The van der Waals surface area contributed by atoms with Crippen LogP contribution in [0.2, 0.25) is 0 Å². The second-order valence-corrected chi connectivity index (χ2v) is 27.6. The Labute approximate surface area is 580 Å². The smallest absolute Gasteiger partial charge is 0.252 e. The fraction of sp³-hybridized carbons (Fsp3) is 0.0968. The summed E-state index contributed by atoms with van der Waals surface area (Å²) in [6, 6.07) is 93.2. The minimum atomic E-state index is -0.832. The van der Waals surface area contributed by atoms with Gasteiger partial charge in [-0.25, -0.2) is 0 Å². The van der Waals surface area contributed by atoms with E-state index in [0.717, 1.165) is 128 Å². The predicted octanol–water partition coefficient (Wildman–Crippen LogP) is 22.7. The first-order valence-corrected chi connectivity index (χ1v) is 33.1. The molecule has 0 saturated carbocycles. The number of anilines is 6. The van der Waals surface area contributed by atoms with Crippen molar-refractivity contribution in [3.05, 3.63) is 367 Å². The summed E-state index contributed by atoms with van der Waals surface area (Å²) in [5.74, 6) is 0. The Morgan fingerprint density at radius 1 is 0.312 bits per heavy atom. The molecule has 2 nitrogen and oxygen atoms in total. The molecule has 3 aliphatic rings. The van der Waals surface area contributed by atoms with Crippen LogP contribution in [0.15, 0.2) is 333 Å². The Bertz CT molecular complexity index is 5750. The predicted molar refractivity (Wildman–Crippen MR) is 408 cm³/mol. The van der Waals surface area contributed by atoms with E-state index in [2.05, 4.69) is 282 Å². The molecule has 0 spiro atoms. The molecule has 3 heteroatoms. The van der Waals surface area contributed by atoms with Crippen LogP contribution in [0.3, 0.4) is 0 Å². The van der Waals surface area contributed by atoms with Gasteiger partial charge in [0.2, 0.25) is 0 Å². The van der Waals surface area contributed by atoms with Crippen LogP contribution in [0, 0.1) is 0 Å². The zero-order chi connectivity index (χ0) is 73.6. The van der Waals surface area contributed by atoms with Gasteiger partial charge in [0.15, 0.2) is 0 Å². The van der Waals surface area contributed by atoms with Crippen LogP contribution in [0.5, 0.6) is 0 Å². The van der Waals surface area contributed by atoms with Crippen LogP contribution < -0.4 is 26.2 Å². The van der Waals surface area contributed by atoms with E-state index in [1.54, 1.807) is 0 Å². The van der Waals surface area contributed by atoms with E-state index in [1.807, 2.05) is 42.5 Å². The number of fused-ring (bicyclic) bond motifs is 7. The third kappa shape index (κ3) is 9.62. The van der Waals surface area contributed by atoms with E-state index in [9.17, 15) is 5.48 Å². The summed E-state index contributed by atoms with van der Waals surface area (Å²) in [7, 11) is 0. The Kier molecular flexibility index (Phi) is 11.6. The monoisotopic (exact) mass is 1240 g/mol. The van der Waals surface area contributed by atoms with Gasteiger partial charge in [-0.05, 0) is 164 Å². The highest BCUT2D eigenvalue weighted by atomic mass is 15.2. The minimum absolute atomic E-state index is 0.0937. The number of nitrogens with zero attached hydrogens (tertiary/aromatic N) is 2. The summed E-state index contributed by atoms with van der Waals surface area (Å²) < 4.78 is 90.6. The van der Waals surface area contributed by atoms with Gasteiger partial charge in [-0.1, -0.05) is 339 Å². The van der Waals surface area contributed by atoms with Gasteiger partial charge in [0, 0.05) is 39.6 Å². The lowest BCUT2D eigenvalue weighted by Gasteiger charge is -2.45. The Morgan fingerprint density at radius 3 is 1.36 bits per heavy atom. The lowest BCUT2D eigenvalue weighted by Crippen LogP contribution is -2.61. The summed E-state index contributed by atoms with van der Waals surface area (Å²) in [5, 5.41) is 0. The highest BCUT2D eigenvalue weighted by Gasteiger charge is 2.49.